The lowest BCUT2D eigenvalue weighted by Gasteiger charge is -2.31. The number of aromatic nitrogens is 2. The Labute approximate surface area is 132 Å². The van der Waals surface area contributed by atoms with E-state index < -0.39 is 10.0 Å². The van der Waals surface area contributed by atoms with Crippen molar-refractivity contribution in [1.29, 1.82) is 0 Å². The number of hydrogen-bond acceptors (Lipinski definition) is 8. The molecule has 2 heterocycles. The molecule has 3 rings (SSSR count). The third-order valence-electron chi connectivity index (χ3n) is 3.58. The third kappa shape index (κ3) is 2.75. The summed E-state index contributed by atoms with van der Waals surface area (Å²) in [5.74, 6) is -0.316. The highest BCUT2D eigenvalue weighted by Crippen LogP contribution is 2.18. The van der Waals surface area contributed by atoms with Crippen molar-refractivity contribution in [3.05, 3.63) is 35.2 Å². The highest BCUT2D eigenvalue weighted by molar-refractivity contribution is 7.89. The minimum Gasteiger partial charge on any atom is -0.360 e. The number of piperazine rings is 1. The number of rotatable bonds is 4. The van der Waals surface area contributed by atoms with Gasteiger partial charge in [-0.2, -0.15) is 4.31 Å². The normalized spacial score (nSPS) is 16.4. The Hall–Kier alpha value is -2.53. The molecule has 0 radical (unpaired) electrons. The van der Waals surface area contributed by atoms with E-state index in [4.69, 9.17) is 10.3 Å². The number of nitrogens with zero attached hydrogens (tertiary/aromatic N) is 5. The van der Waals surface area contributed by atoms with Crippen molar-refractivity contribution in [3.63, 3.8) is 0 Å². The molecule has 0 amide bonds. The molecule has 1 fully saturated rings. The first-order chi connectivity index (χ1) is 11.0. The van der Waals surface area contributed by atoms with Crippen molar-refractivity contribution < 1.29 is 17.7 Å². The lowest BCUT2D eigenvalue weighted by Crippen LogP contribution is -2.66. The maximum atomic E-state index is 12.5. The van der Waals surface area contributed by atoms with Crippen molar-refractivity contribution in [3.8, 4) is 0 Å². The van der Waals surface area contributed by atoms with E-state index in [1.54, 1.807) is 35.3 Å². The van der Waals surface area contributed by atoms with E-state index in [0.29, 0.717) is 13.1 Å². The van der Waals surface area contributed by atoms with Crippen molar-refractivity contribution in [2.45, 2.75) is 4.90 Å². The van der Waals surface area contributed by atoms with E-state index >= 15 is 0 Å². The fourth-order valence-electron chi connectivity index (χ4n) is 2.38. The Bertz CT molecular complexity index is 798. The molecule has 1 aromatic heterocycles. The Kier molecular flexibility index (Phi) is 3.96. The molecule has 0 spiro atoms. The maximum Gasteiger partial charge on any atom is 0.484 e. The van der Waals surface area contributed by atoms with Crippen molar-refractivity contribution in [1.82, 2.24) is 9.58 Å². The predicted molar refractivity (Wildman–Crippen MR) is 79.7 cm³/mol. The lowest BCUT2D eigenvalue weighted by molar-refractivity contribution is -0.747. The molecule has 1 saturated heterocycles. The number of nitroso groups, excluding NO2 is 1. The van der Waals surface area contributed by atoms with Gasteiger partial charge in [0.25, 0.3) is 0 Å². The molecule has 1 aromatic carbocycles. The van der Waals surface area contributed by atoms with Gasteiger partial charge in [-0.3, -0.25) is 4.52 Å². The Morgan fingerprint density at radius 3 is 2.43 bits per heavy atom. The second-order valence-electron chi connectivity index (χ2n) is 4.91. The van der Waals surface area contributed by atoms with Crippen LogP contribution >= 0.6 is 0 Å². The summed E-state index contributed by atoms with van der Waals surface area (Å²) in [5, 5.41) is 8.06. The van der Waals surface area contributed by atoms with Gasteiger partial charge in [0.15, 0.2) is 0 Å². The van der Waals surface area contributed by atoms with Crippen LogP contribution in [0.3, 0.4) is 0 Å². The van der Waals surface area contributed by atoms with Gasteiger partial charge in [0.2, 0.25) is 15.2 Å². The summed E-state index contributed by atoms with van der Waals surface area (Å²) in [6.45, 7) is 1.14. The molecule has 0 bridgehead atoms. The van der Waals surface area contributed by atoms with E-state index in [0.717, 1.165) is 4.79 Å². The summed E-state index contributed by atoms with van der Waals surface area (Å²) in [4.78, 5) is 12.2. The number of benzene rings is 1. The lowest BCUT2D eigenvalue weighted by atomic mass is 10.4. The maximum absolute atomic E-state index is 12.5. The van der Waals surface area contributed by atoms with Crippen LogP contribution in [-0.2, 0) is 10.0 Å². The van der Waals surface area contributed by atoms with Crippen molar-refractivity contribution >= 4 is 21.7 Å². The Morgan fingerprint density at radius 2 is 1.83 bits per heavy atom. The Morgan fingerprint density at radius 1 is 1.17 bits per heavy atom. The first-order valence-electron chi connectivity index (χ1n) is 6.85. The first kappa shape index (κ1) is 15.4. The second-order valence-corrected chi connectivity index (χ2v) is 6.85. The highest BCUT2D eigenvalue weighted by Gasteiger charge is 2.34. The smallest absolute Gasteiger partial charge is 0.360 e. The molecule has 0 unspecified atom stereocenters. The van der Waals surface area contributed by atoms with Crippen molar-refractivity contribution in [2.24, 2.45) is 5.18 Å². The van der Waals surface area contributed by atoms with Crippen molar-refractivity contribution in [2.75, 3.05) is 36.9 Å². The zero-order valence-electron chi connectivity index (χ0n) is 12.1. The van der Waals surface area contributed by atoms with Gasteiger partial charge >= 0.3 is 11.7 Å². The van der Waals surface area contributed by atoms with E-state index in [9.17, 15) is 13.3 Å². The minimum atomic E-state index is -3.53. The topological polar surface area (TPSA) is 126 Å². The summed E-state index contributed by atoms with van der Waals surface area (Å²) in [7, 11) is -3.53. The number of hydrogen-bond donors (Lipinski definition) is 1. The van der Waals surface area contributed by atoms with Gasteiger partial charge in [-0.05, 0) is 17.0 Å². The minimum absolute atomic E-state index is 0.135. The van der Waals surface area contributed by atoms with Gasteiger partial charge in [0.1, 0.15) is 5.27 Å². The predicted octanol–water partition coefficient (Wildman–Crippen LogP) is -0.415. The average molecular weight is 339 g/mol. The van der Waals surface area contributed by atoms with E-state index in [-0.39, 0.29) is 29.7 Å². The molecule has 0 saturated carbocycles. The standard InChI is InChI=1S/C12H14N6O4S/c13-11-12(14-19)18(15-22-11)16-6-8-17(9-7-16)23(20,21)10-4-2-1-3-5-10/h1-5H,6-9H2,(H-,13,15,19)/p+1. The van der Waals surface area contributed by atoms with Gasteiger partial charge in [-0.15, -0.1) is 0 Å². The average Bonchev–Trinajstić information content (AvgIpc) is 2.96. The van der Waals surface area contributed by atoms with Gasteiger partial charge in [0.05, 0.1) is 18.0 Å². The summed E-state index contributed by atoms with van der Waals surface area (Å²) in [6.07, 6.45) is 0. The number of anilines is 1. The van der Waals surface area contributed by atoms with Gasteiger partial charge < -0.3 is 5.73 Å². The number of nitrogens with two attached hydrogens (primary N) is 1. The first-order valence-corrected chi connectivity index (χ1v) is 8.29. The van der Waals surface area contributed by atoms with Crippen LogP contribution in [0.4, 0.5) is 11.7 Å². The Balaban J connectivity index is 1.75. The second kappa shape index (κ2) is 5.93. The molecule has 122 valence electrons. The van der Waals surface area contributed by atoms with Crippen LogP contribution in [0.1, 0.15) is 0 Å². The molecule has 1 aliphatic heterocycles. The van der Waals surface area contributed by atoms with Gasteiger partial charge in [-0.1, -0.05) is 18.2 Å². The molecule has 2 N–H and O–H groups in total. The largest absolute Gasteiger partial charge is 0.484 e. The zero-order chi connectivity index (χ0) is 16.4. The molecule has 11 heteroatoms. The molecular formula is C12H15N6O4S+. The summed E-state index contributed by atoms with van der Waals surface area (Å²) < 4.78 is 31.2. The molecule has 10 nitrogen and oxygen atoms in total. The molecule has 0 aliphatic carbocycles. The van der Waals surface area contributed by atoms with E-state index in [1.807, 2.05) is 0 Å². The van der Waals surface area contributed by atoms with Crippen LogP contribution in [0.25, 0.3) is 0 Å². The molecule has 23 heavy (non-hydrogen) atoms. The summed E-state index contributed by atoms with van der Waals surface area (Å²) >= 11 is 0. The van der Waals surface area contributed by atoms with Crippen LogP contribution in [0.5, 0.6) is 0 Å². The molecule has 2 aromatic rings. The van der Waals surface area contributed by atoms with Gasteiger partial charge in [-0.25, -0.2) is 13.4 Å². The highest BCUT2D eigenvalue weighted by atomic mass is 32.2. The van der Waals surface area contributed by atoms with Crippen LogP contribution in [0.2, 0.25) is 0 Å². The third-order valence-corrected chi connectivity index (χ3v) is 5.49. The molecular weight excluding hydrogens is 324 g/mol. The van der Waals surface area contributed by atoms with Crippen LogP contribution in [0, 0.1) is 4.91 Å². The molecule has 0 atom stereocenters. The SMILES string of the molecule is Nc1on[n+](N2CCN(S(=O)(=O)c3ccccc3)CC2)c1N=O. The fourth-order valence-corrected chi connectivity index (χ4v) is 3.82. The zero-order valence-corrected chi connectivity index (χ0v) is 12.9. The number of nitrogen functional groups attached to an aromatic ring is 1. The monoisotopic (exact) mass is 339 g/mol. The quantitative estimate of drug-likeness (QED) is 0.592. The van der Waals surface area contributed by atoms with Crippen LogP contribution in [0.15, 0.2) is 44.9 Å². The number of sulfonamides is 1. The summed E-state index contributed by atoms with van der Waals surface area (Å²) in [6, 6.07) is 8.24. The van der Waals surface area contributed by atoms with E-state index in [2.05, 4.69) is 10.4 Å². The van der Waals surface area contributed by atoms with Crippen LogP contribution < -0.4 is 15.5 Å². The molecule has 1 aliphatic rings. The summed E-state index contributed by atoms with van der Waals surface area (Å²) in [5.41, 5.74) is 5.45. The van der Waals surface area contributed by atoms with E-state index in [1.165, 1.54) is 4.31 Å². The fraction of sp³-hybridized carbons (Fsp3) is 0.333. The van der Waals surface area contributed by atoms with Crippen LogP contribution in [-0.4, -0.2) is 44.2 Å². The van der Waals surface area contributed by atoms with Gasteiger partial charge in [0, 0.05) is 17.9 Å².